The average Bonchev–Trinajstić information content (AvgIpc) is 3.21. The Hall–Kier alpha value is -3.60. The number of anilines is 1. The average molecular weight is 399 g/mol. The molecule has 0 radical (unpaired) electrons. The molecular formula is C25H25N3O2. The maximum atomic E-state index is 12.8. The molecule has 3 aromatic carbocycles. The molecule has 1 heterocycles. The van der Waals surface area contributed by atoms with Crippen LogP contribution in [0.3, 0.4) is 0 Å². The third-order valence-corrected chi connectivity index (χ3v) is 4.95. The van der Waals surface area contributed by atoms with Gasteiger partial charge < -0.3 is 15.0 Å². The molecule has 0 spiro atoms. The summed E-state index contributed by atoms with van der Waals surface area (Å²) < 4.78 is 5.72. The van der Waals surface area contributed by atoms with Crippen LogP contribution in [0.2, 0.25) is 0 Å². The molecule has 0 saturated carbocycles. The Balaban J connectivity index is 1.48. The van der Waals surface area contributed by atoms with Gasteiger partial charge in [-0.05, 0) is 55.0 Å². The smallest absolute Gasteiger partial charge is 0.255 e. The lowest BCUT2D eigenvalue weighted by Gasteiger charge is -2.10. The van der Waals surface area contributed by atoms with Gasteiger partial charge in [0.25, 0.3) is 5.91 Å². The molecule has 0 unspecified atom stereocenters. The molecule has 152 valence electrons. The van der Waals surface area contributed by atoms with Crippen molar-refractivity contribution in [1.82, 2.24) is 9.97 Å². The first-order valence-corrected chi connectivity index (χ1v) is 10.3. The van der Waals surface area contributed by atoms with E-state index in [-0.39, 0.29) is 5.91 Å². The second-order valence-corrected chi connectivity index (χ2v) is 7.18. The minimum atomic E-state index is -0.170. The van der Waals surface area contributed by atoms with Crippen molar-refractivity contribution in [3.8, 4) is 17.1 Å². The lowest BCUT2D eigenvalue weighted by atomic mass is 10.1. The molecule has 4 aromatic rings. The molecule has 0 bridgehead atoms. The van der Waals surface area contributed by atoms with Crippen molar-refractivity contribution in [2.45, 2.75) is 26.2 Å². The highest BCUT2D eigenvalue weighted by molar-refractivity contribution is 6.06. The summed E-state index contributed by atoms with van der Waals surface area (Å²) in [6.45, 7) is 2.87. The number of carbonyl (C=O) groups excluding carboxylic acids is 1. The summed E-state index contributed by atoms with van der Waals surface area (Å²) in [4.78, 5) is 20.8. The Morgan fingerprint density at radius 2 is 1.73 bits per heavy atom. The molecule has 30 heavy (non-hydrogen) atoms. The molecule has 1 amide bonds. The van der Waals surface area contributed by atoms with Crippen LogP contribution in [0.5, 0.6) is 5.75 Å². The van der Waals surface area contributed by atoms with Gasteiger partial charge in [-0.2, -0.15) is 0 Å². The molecule has 2 N–H and O–H groups in total. The Kier molecular flexibility index (Phi) is 6.09. The molecule has 0 atom stereocenters. The van der Waals surface area contributed by atoms with E-state index in [2.05, 4.69) is 22.2 Å². The van der Waals surface area contributed by atoms with Gasteiger partial charge in [0, 0.05) is 11.1 Å². The van der Waals surface area contributed by atoms with Gasteiger partial charge in [0.2, 0.25) is 0 Å². The Morgan fingerprint density at radius 3 is 2.53 bits per heavy atom. The quantitative estimate of drug-likeness (QED) is 0.354. The summed E-state index contributed by atoms with van der Waals surface area (Å²) in [5.74, 6) is 1.34. The molecule has 0 fully saturated rings. The number of amides is 1. The number of para-hydroxylation sites is 3. The van der Waals surface area contributed by atoms with Crippen molar-refractivity contribution in [2.75, 3.05) is 11.9 Å². The molecule has 5 nitrogen and oxygen atoms in total. The van der Waals surface area contributed by atoms with Crippen LogP contribution in [0.25, 0.3) is 22.4 Å². The number of ether oxygens (including phenoxy) is 1. The van der Waals surface area contributed by atoms with Crippen LogP contribution in [0.4, 0.5) is 5.69 Å². The zero-order valence-corrected chi connectivity index (χ0v) is 17.0. The van der Waals surface area contributed by atoms with E-state index in [4.69, 9.17) is 4.74 Å². The first kappa shape index (κ1) is 19.7. The lowest BCUT2D eigenvalue weighted by molar-refractivity contribution is 0.102. The van der Waals surface area contributed by atoms with Crippen LogP contribution in [0.15, 0.2) is 72.8 Å². The van der Waals surface area contributed by atoms with Gasteiger partial charge in [-0.15, -0.1) is 0 Å². The molecule has 5 heteroatoms. The number of benzene rings is 3. The van der Waals surface area contributed by atoms with Gasteiger partial charge in [-0.25, -0.2) is 4.98 Å². The van der Waals surface area contributed by atoms with E-state index in [1.54, 1.807) is 12.1 Å². The van der Waals surface area contributed by atoms with E-state index in [1.807, 2.05) is 60.7 Å². The molecule has 0 saturated heterocycles. The summed E-state index contributed by atoms with van der Waals surface area (Å²) in [7, 11) is 0. The maximum Gasteiger partial charge on any atom is 0.255 e. The van der Waals surface area contributed by atoms with Gasteiger partial charge in [0.15, 0.2) is 0 Å². The predicted molar refractivity (Wildman–Crippen MR) is 121 cm³/mol. The minimum absolute atomic E-state index is 0.170. The third kappa shape index (κ3) is 4.51. The number of nitrogens with zero attached hydrogens (tertiary/aromatic N) is 1. The largest absolute Gasteiger partial charge is 0.494 e. The van der Waals surface area contributed by atoms with E-state index < -0.39 is 0 Å². The van der Waals surface area contributed by atoms with Crippen LogP contribution >= 0.6 is 0 Å². The molecular weight excluding hydrogens is 374 g/mol. The number of hydrogen-bond acceptors (Lipinski definition) is 3. The van der Waals surface area contributed by atoms with Gasteiger partial charge >= 0.3 is 0 Å². The maximum absolute atomic E-state index is 12.8. The zero-order chi connectivity index (χ0) is 20.8. The van der Waals surface area contributed by atoms with E-state index >= 15 is 0 Å². The molecule has 4 rings (SSSR count). The monoisotopic (exact) mass is 399 g/mol. The van der Waals surface area contributed by atoms with Gasteiger partial charge in [0.1, 0.15) is 11.6 Å². The number of carbonyl (C=O) groups is 1. The van der Waals surface area contributed by atoms with Gasteiger partial charge in [0.05, 0.1) is 23.3 Å². The summed E-state index contributed by atoms with van der Waals surface area (Å²) in [6, 6.07) is 22.8. The Morgan fingerprint density at radius 1 is 0.967 bits per heavy atom. The third-order valence-electron chi connectivity index (χ3n) is 4.95. The fourth-order valence-electron chi connectivity index (χ4n) is 3.32. The van der Waals surface area contributed by atoms with Crippen molar-refractivity contribution >= 4 is 22.6 Å². The Bertz CT molecular complexity index is 1100. The summed E-state index contributed by atoms with van der Waals surface area (Å²) in [5, 5.41) is 3.01. The van der Waals surface area contributed by atoms with Crippen LogP contribution in [-0.2, 0) is 0 Å². The SMILES string of the molecule is CCCCCOc1ccc(C(=O)Nc2ccccc2-c2nc3ccccc3[nH]2)cc1. The Labute approximate surface area is 176 Å². The summed E-state index contributed by atoms with van der Waals surface area (Å²) in [6.07, 6.45) is 3.36. The number of imidazole rings is 1. The number of aromatic amines is 1. The number of unbranched alkanes of at least 4 members (excludes halogenated alkanes) is 2. The first-order chi connectivity index (χ1) is 14.7. The van der Waals surface area contributed by atoms with Crippen molar-refractivity contribution < 1.29 is 9.53 Å². The van der Waals surface area contributed by atoms with E-state index in [9.17, 15) is 4.79 Å². The fraction of sp³-hybridized carbons (Fsp3) is 0.200. The van der Waals surface area contributed by atoms with Crippen LogP contribution < -0.4 is 10.1 Å². The molecule has 1 aromatic heterocycles. The summed E-state index contributed by atoms with van der Waals surface area (Å²) in [5.41, 5.74) is 3.99. The van der Waals surface area contributed by atoms with Crippen LogP contribution in [-0.4, -0.2) is 22.5 Å². The second kappa shape index (κ2) is 9.27. The number of fused-ring (bicyclic) bond motifs is 1. The molecule has 0 aliphatic heterocycles. The highest BCUT2D eigenvalue weighted by atomic mass is 16.5. The fourth-order valence-corrected chi connectivity index (χ4v) is 3.32. The predicted octanol–water partition coefficient (Wildman–Crippen LogP) is 6.05. The number of H-pyrrole nitrogens is 1. The molecule has 0 aliphatic carbocycles. The van der Waals surface area contributed by atoms with Crippen LogP contribution in [0, 0.1) is 0 Å². The number of aromatic nitrogens is 2. The normalized spacial score (nSPS) is 10.8. The lowest BCUT2D eigenvalue weighted by Crippen LogP contribution is -2.12. The molecule has 0 aliphatic rings. The topological polar surface area (TPSA) is 67.0 Å². The van der Waals surface area contributed by atoms with Crippen molar-refractivity contribution in [3.63, 3.8) is 0 Å². The first-order valence-electron chi connectivity index (χ1n) is 10.3. The number of hydrogen-bond donors (Lipinski definition) is 2. The van der Waals surface area contributed by atoms with Crippen LogP contribution in [0.1, 0.15) is 36.5 Å². The summed E-state index contributed by atoms with van der Waals surface area (Å²) >= 11 is 0. The van der Waals surface area contributed by atoms with E-state index in [0.29, 0.717) is 17.9 Å². The van der Waals surface area contributed by atoms with Gasteiger partial charge in [-0.1, -0.05) is 44.0 Å². The van der Waals surface area contributed by atoms with Gasteiger partial charge in [-0.3, -0.25) is 4.79 Å². The zero-order valence-electron chi connectivity index (χ0n) is 17.0. The van der Waals surface area contributed by atoms with Crippen molar-refractivity contribution in [1.29, 1.82) is 0 Å². The second-order valence-electron chi connectivity index (χ2n) is 7.18. The highest BCUT2D eigenvalue weighted by Gasteiger charge is 2.13. The highest BCUT2D eigenvalue weighted by Crippen LogP contribution is 2.28. The minimum Gasteiger partial charge on any atom is -0.494 e. The standard InChI is InChI=1S/C25H25N3O2/c1-2-3-8-17-30-19-15-13-18(14-16-19)25(29)28-21-10-5-4-9-20(21)24-26-22-11-6-7-12-23(22)27-24/h4-7,9-16H,2-3,8,17H2,1H3,(H,26,27)(H,28,29). The number of nitrogens with one attached hydrogen (secondary N) is 2. The van der Waals surface area contributed by atoms with E-state index in [1.165, 1.54) is 0 Å². The van der Waals surface area contributed by atoms with Crippen molar-refractivity contribution in [2.24, 2.45) is 0 Å². The van der Waals surface area contributed by atoms with E-state index in [0.717, 1.165) is 47.4 Å². The number of rotatable bonds is 8. The van der Waals surface area contributed by atoms with Crippen molar-refractivity contribution in [3.05, 3.63) is 78.4 Å².